The van der Waals surface area contributed by atoms with E-state index in [9.17, 15) is 4.79 Å². The average molecular weight is 250 g/mol. The third kappa shape index (κ3) is 2.71. The smallest absolute Gasteiger partial charge is 0.219 e. The number of nitrogens with zero attached hydrogens (tertiary/aromatic N) is 4. The Morgan fingerprint density at radius 1 is 1.33 bits per heavy atom. The Balaban J connectivity index is 2.02. The van der Waals surface area contributed by atoms with E-state index in [-0.39, 0.29) is 11.3 Å². The Morgan fingerprint density at radius 2 is 1.94 bits per heavy atom. The highest BCUT2D eigenvalue weighted by atomic mass is 16.2. The summed E-state index contributed by atoms with van der Waals surface area (Å²) in [6.07, 6.45) is 3.98. The molecular weight excluding hydrogens is 228 g/mol. The van der Waals surface area contributed by atoms with Crippen LogP contribution < -0.4 is 0 Å². The number of rotatable bonds is 1. The second-order valence-electron chi connectivity index (χ2n) is 6.07. The van der Waals surface area contributed by atoms with E-state index < -0.39 is 0 Å². The minimum Gasteiger partial charge on any atom is -0.343 e. The highest BCUT2D eigenvalue weighted by molar-refractivity contribution is 5.73. The van der Waals surface area contributed by atoms with Crippen LogP contribution in [0.1, 0.15) is 52.3 Å². The fraction of sp³-hybridized carbons (Fsp3) is 0.769. The van der Waals surface area contributed by atoms with Crippen molar-refractivity contribution >= 4 is 5.91 Å². The van der Waals surface area contributed by atoms with Gasteiger partial charge >= 0.3 is 0 Å². The minimum absolute atomic E-state index is 0.0400. The SMILES string of the molecule is CC(=O)N1CCC(n2cc(C(C)(C)C)nn2)CC1. The van der Waals surface area contributed by atoms with Crippen molar-refractivity contribution in [3.05, 3.63) is 11.9 Å². The van der Waals surface area contributed by atoms with Crippen molar-refractivity contribution in [1.82, 2.24) is 19.9 Å². The molecule has 0 saturated carbocycles. The largest absolute Gasteiger partial charge is 0.343 e. The third-order valence-electron chi connectivity index (χ3n) is 3.56. The van der Waals surface area contributed by atoms with Crippen LogP contribution in [0.3, 0.4) is 0 Å². The standard InChI is InChI=1S/C13H22N4O/c1-10(18)16-7-5-11(6-8-16)17-9-12(14-15-17)13(2,3)4/h9,11H,5-8H2,1-4H3. The molecule has 0 spiro atoms. The molecule has 0 aromatic carbocycles. The number of hydrogen-bond donors (Lipinski definition) is 0. The van der Waals surface area contributed by atoms with Crippen LogP contribution in [0.5, 0.6) is 0 Å². The van der Waals surface area contributed by atoms with Gasteiger partial charge < -0.3 is 4.90 Å². The van der Waals surface area contributed by atoms with E-state index in [1.54, 1.807) is 6.92 Å². The Morgan fingerprint density at radius 3 is 2.39 bits per heavy atom. The topological polar surface area (TPSA) is 51.0 Å². The van der Waals surface area contributed by atoms with E-state index >= 15 is 0 Å². The van der Waals surface area contributed by atoms with E-state index in [2.05, 4.69) is 31.1 Å². The Hall–Kier alpha value is -1.39. The normalized spacial score (nSPS) is 18.1. The molecule has 1 aromatic rings. The molecule has 1 amide bonds. The molecule has 0 unspecified atom stereocenters. The molecule has 0 bridgehead atoms. The van der Waals surface area contributed by atoms with E-state index in [1.807, 2.05) is 15.8 Å². The molecule has 0 N–H and O–H groups in total. The quantitative estimate of drug-likeness (QED) is 0.763. The van der Waals surface area contributed by atoms with Gasteiger partial charge in [0.1, 0.15) is 0 Å². The molecule has 5 heteroatoms. The molecule has 5 nitrogen and oxygen atoms in total. The molecule has 0 atom stereocenters. The molecular formula is C13H22N4O. The summed E-state index contributed by atoms with van der Waals surface area (Å²) in [6, 6.07) is 0.379. The number of aromatic nitrogens is 3. The lowest BCUT2D eigenvalue weighted by Crippen LogP contribution is -2.37. The van der Waals surface area contributed by atoms with Gasteiger partial charge in [-0.05, 0) is 12.8 Å². The molecule has 2 rings (SSSR count). The predicted molar refractivity (Wildman–Crippen MR) is 69.2 cm³/mol. The van der Waals surface area contributed by atoms with Gasteiger partial charge in [0, 0.05) is 31.6 Å². The summed E-state index contributed by atoms with van der Waals surface area (Å²) >= 11 is 0. The van der Waals surface area contributed by atoms with Crippen LogP contribution >= 0.6 is 0 Å². The van der Waals surface area contributed by atoms with Gasteiger partial charge in [-0.2, -0.15) is 0 Å². The van der Waals surface area contributed by atoms with E-state index in [4.69, 9.17) is 0 Å². The van der Waals surface area contributed by atoms with Crippen LogP contribution in [0, 0.1) is 0 Å². The van der Waals surface area contributed by atoms with Crippen LogP contribution in [0.25, 0.3) is 0 Å². The molecule has 1 aliphatic heterocycles. The predicted octanol–water partition coefficient (Wildman–Crippen LogP) is 1.76. The number of piperidine rings is 1. The summed E-state index contributed by atoms with van der Waals surface area (Å²) < 4.78 is 1.97. The first-order valence-corrected chi connectivity index (χ1v) is 6.56. The van der Waals surface area contributed by atoms with Crippen molar-refractivity contribution in [2.24, 2.45) is 0 Å². The van der Waals surface area contributed by atoms with Gasteiger partial charge in [-0.3, -0.25) is 4.79 Å². The zero-order valence-corrected chi connectivity index (χ0v) is 11.7. The van der Waals surface area contributed by atoms with Gasteiger partial charge in [-0.1, -0.05) is 26.0 Å². The van der Waals surface area contributed by atoms with Crippen molar-refractivity contribution in [2.45, 2.75) is 52.0 Å². The van der Waals surface area contributed by atoms with E-state index in [0.717, 1.165) is 31.6 Å². The number of carbonyl (C=O) groups is 1. The first-order chi connectivity index (χ1) is 8.38. The molecule has 1 aliphatic rings. The number of hydrogen-bond acceptors (Lipinski definition) is 3. The first-order valence-electron chi connectivity index (χ1n) is 6.56. The van der Waals surface area contributed by atoms with Gasteiger partial charge in [0.05, 0.1) is 11.7 Å². The molecule has 1 fully saturated rings. The van der Waals surface area contributed by atoms with Gasteiger partial charge in [-0.25, -0.2) is 4.68 Å². The van der Waals surface area contributed by atoms with Crippen molar-refractivity contribution < 1.29 is 4.79 Å². The monoisotopic (exact) mass is 250 g/mol. The van der Waals surface area contributed by atoms with Crippen molar-refractivity contribution in [1.29, 1.82) is 0 Å². The van der Waals surface area contributed by atoms with Crippen LogP contribution in [-0.4, -0.2) is 38.9 Å². The average Bonchev–Trinajstić information content (AvgIpc) is 2.78. The van der Waals surface area contributed by atoms with Crippen molar-refractivity contribution in [3.8, 4) is 0 Å². The summed E-state index contributed by atoms with van der Waals surface area (Å²) in [5.41, 5.74) is 1.06. The lowest BCUT2D eigenvalue weighted by Gasteiger charge is -2.31. The molecule has 0 radical (unpaired) electrons. The highest BCUT2D eigenvalue weighted by Gasteiger charge is 2.24. The summed E-state index contributed by atoms with van der Waals surface area (Å²) in [5, 5.41) is 8.49. The molecule has 2 heterocycles. The Bertz CT molecular complexity index is 424. The molecule has 0 aliphatic carbocycles. The van der Waals surface area contributed by atoms with E-state index in [0.29, 0.717) is 6.04 Å². The molecule has 1 saturated heterocycles. The van der Waals surface area contributed by atoms with Crippen LogP contribution in [0.4, 0.5) is 0 Å². The fourth-order valence-electron chi connectivity index (χ4n) is 2.24. The van der Waals surface area contributed by atoms with Gasteiger partial charge in [0.2, 0.25) is 5.91 Å². The number of likely N-dealkylation sites (tertiary alicyclic amines) is 1. The molecule has 18 heavy (non-hydrogen) atoms. The summed E-state index contributed by atoms with van der Waals surface area (Å²) in [7, 11) is 0. The number of amides is 1. The second kappa shape index (κ2) is 4.71. The van der Waals surface area contributed by atoms with Gasteiger partial charge in [-0.15, -0.1) is 5.10 Å². The maximum atomic E-state index is 11.3. The zero-order valence-electron chi connectivity index (χ0n) is 11.7. The van der Waals surface area contributed by atoms with Crippen molar-refractivity contribution in [3.63, 3.8) is 0 Å². The van der Waals surface area contributed by atoms with E-state index in [1.165, 1.54) is 0 Å². The van der Waals surface area contributed by atoms with Crippen LogP contribution in [0.15, 0.2) is 6.20 Å². The maximum Gasteiger partial charge on any atom is 0.219 e. The van der Waals surface area contributed by atoms with Crippen LogP contribution in [-0.2, 0) is 10.2 Å². The molecule has 1 aromatic heterocycles. The van der Waals surface area contributed by atoms with Gasteiger partial charge in [0.15, 0.2) is 0 Å². The minimum atomic E-state index is 0.0400. The third-order valence-corrected chi connectivity index (χ3v) is 3.56. The van der Waals surface area contributed by atoms with Gasteiger partial charge in [0.25, 0.3) is 0 Å². The lowest BCUT2D eigenvalue weighted by molar-refractivity contribution is -0.130. The highest BCUT2D eigenvalue weighted by Crippen LogP contribution is 2.24. The maximum absolute atomic E-state index is 11.3. The second-order valence-corrected chi connectivity index (χ2v) is 6.07. The summed E-state index contributed by atoms with van der Waals surface area (Å²) in [5.74, 6) is 0.169. The lowest BCUT2D eigenvalue weighted by atomic mass is 9.93. The first kappa shape index (κ1) is 13.1. The Kier molecular flexibility index (Phi) is 3.41. The Labute approximate surface area is 108 Å². The van der Waals surface area contributed by atoms with Crippen molar-refractivity contribution in [2.75, 3.05) is 13.1 Å². The molecule has 100 valence electrons. The summed E-state index contributed by atoms with van der Waals surface area (Å²) in [4.78, 5) is 13.2. The zero-order chi connectivity index (χ0) is 13.3. The number of carbonyl (C=O) groups excluding carboxylic acids is 1. The summed E-state index contributed by atoms with van der Waals surface area (Å²) in [6.45, 7) is 9.70. The van der Waals surface area contributed by atoms with Crippen LogP contribution in [0.2, 0.25) is 0 Å². The fourth-order valence-corrected chi connectivity index (χ4v) is 2.24.